The van der Waals surface area contributed by atoms with Gasteiger partial charge >= 0.3 is 0 Å². The minimum Gasteiger partial charge on any atom is -0.410 e. The molecule has 0 bridgehead atoms. The van der Waals surface area contributed by atoms with E-state index in [0.717, 1.165) is 5.02 Å². The number of aryl methyl sites for hydroxylation is 2. The zero-order valence-electron chi connectivity index (χ0n) is 13.1. The normalized spacial score (nSPS) is 13.6. The van der Waals surface area contributed by atoms with Crippen LogP contribution < -0.4 is 0 Å². The van der Waals surface area contributed by atoms with Crippen LogP contribution in [-0.4, -0.2) is 8.32 Å². The molecule has 1 nitrogen and oxygen atoms in total. The van der Waals surface area contributed by atoms with Crippen molar-refractivity contribution in [1.29, 1.82) is 0 Å². The Kier molecular flexibility index (Phi) is 6.09. The van der Waals surface area contributed by atoms with Gasteiger partial charge in [-0.05, 0) is 67.7 Å². The number of hydrogen-bond donors (Lipinski definition) is 0. The third kappa shape index (κ3) is 3.84. The summed E-state index contributed by atoms with van der Waals surface area (Å²) in [5.41, 5.74) is 3.80. The van der Waals surface area contributed by atoms with Crippen LogP contribution in [0.4, 0.5) is 0 Å². The first-order valence-electron chi connectivity index (χ1n) is 7.33. The van der Waals surface area contributed by atoms with E-state index in [0.29, 0.717) is 0 Å². The second kappa shape index (κ2) is 6.92. The van der Waals surface area contributed by atoms with Gasteiger partial charge in [0.1, 0.15) is 0 Å². The van der Waals surface area contributed by atoms with Gasteiger partial charge in [0, 0.05) is 5.02 Å². The fourth-order valence-electron chi connectivity index (χ4n) is 3.00. The Balaban J connectivity index is 3.04. The van der Waals surface area contributed by atoms with E-state index in [4.69, 9.17) is 16.0 Å². The summed E-state index contributed by atoms with van der Waals surface area (Å²) >= 11 is 6.11. The molecular formula is C16H27ClOSi. The third-order valence-electron chi connectivity index (χ3n) is 4.32. The number of rotatable bonds is 6. The van der Waals surface area contributed by atoms with Gasteiger partial charge in [0.25, 0.3) is 0 Å². The maximum Gasteiger partial charge on any atom is 0.192 e. The van der Waals surface area contributed by atoms with Gasteiger partial charge in [-0.1, -0.05) is 32.4 Å². The molecule has 0 amide bonds. The monoisotopic (exact) mass is 298 g/mol. The van der Waals surface area contributed by atoms with Gasteiger partial charge in [-0.15, -0.1) is 0 Å². The minimum atomic E-state index is -1.56. The summed E-state index contributed by atoms with van der Waals surface area (Å²) in [6.07, 6.45) is 0.170. The molecule has 0 spiro atoms. The number of halogens is 1. The molecule has 0 saturated carbocycles. The first-order chi connectivity index (χ1) is 8.89. The summed E-state index contributed by atoms with van der Waals surface area (Å²) in [6.45, 7) is 13.3. The molecule has 0 heterocycles. The molecule has 0 aromatic heterocycles. The average molecular weight is 299 g/mol. The summed E-state index contributed by atoms with van der Waals surface area (Å²) in [7, 11) is -1.56. The molecule has 0 aliphatic carbocycles. The van der Waals surface area contributed by atoms with Crippen molar-refractivity contribution in [1.82, 2.24) is 0 Å². The van der Waals surface area contributed by atoms with Gasteiger partial charge in [0.05, 0.1) is 6.10 Å². The standard InChI is InChI=1S/C16H27ClOSi/c1-7-19(8-2,9-3)18-14(6)16-12(4)10-15(17)11-13(16)5/h10-11,14H,7-9H2,1-6H3. The summed E-state index contributed by atoms with van der Waals surface area (Å²) in [6, 6.07) is 7.65. The fraction of sp³-hybridized carbons (Fsp3) is 0.625. The summed E-state index contributed by atoms with van der Waals surface area (Å²) < 4.78 is 6.57. The highest BCUT2D eigenvalue weighted by atomic mass is 35.5. The lowest BCUT2D eigenvalue weighted by Gasteiger charge is -2.33. The largest absolute Gasteiger partial charge is 0.410 e. The molecule has 108 valence electrons. The minimum absolute atomic E-state index is 0.170. The Bertz CT molecular complexity index is 395. The molecule has 0 aliphatic rings. The van der Waals surface area contributed by atoms with Crippen LogP contribution in [0, 0.1) is 13.8 Å². The van der Waals surface area contributed by atoms with E-state index >= 15 is 0 Å². The van der Waals surface area contributed by atoms with Crippen LogP contribution in [0.25, 0.3) is 0 Å². The van der Waals surface area contributed by atoms with Crippen molar-refractivity contribution in [2.24, 2.45) is 0 Å². The van der Waals surface area contributed by atoms with Gasteiger partial charge in [-0.25, -0.2) is 0 Å². The van der Waals surface area contributed by atoms with Crippen molar-refractivity contribution in [2.75, 3.05) is 0 Å². The Morgan fingerprint density at radius 1 is 1.05 bits per heavy atom. The highest BCUT2D eigenvalue weighted by Gasteiger charge is 2.31. The predicted octanol–water partition coefficient (Wildman–Crippen LogP) is 6.04. The van der Waals surface area contributed by atoms with E-state index in [1.165, 1.54) is 34.8 Å². The summed E-state index contributed by atoms with van der Waals surface area (Å²) in [5, 5.41) is 0.816. The molecule has 0 saturated heterocycles. The van der Waals surface area contributed by atoms with Crippen LogP contribution in [0.5, 0.6) is 0 Å². The molecular weight excluding hydrogens is 272 g/mol. The van der Waals surface area contributed by atoms with Crippen molar-refractivity contribution in [2.45, 2.75) is 65.8 Å². The van der Waals surface area contributed by atoms with Crippen LogP contribution in [0.2, 0.25) is 23.2 Å². The van der Waals surface area contributed by atoms with Gasteiger partial charge in [0.2, 0.25) is 0 Å². The van der Waals surface area contributed by atoms with E-state index in [2.05, 4.69) is 41.5 Å². The van der Waals surface area contributed by atoms with Crippen molar-refractivity contribution in [3.63, 3.8) is 0 Å². The van der Waals surface area contributed by atoms with E-state index < -0.39 is 8.32 Å². The van der Waals surface area contributed by atoms with Gasteiger partial charge < -0.3 is 4.43 Å². The topological polar surface area (TPSA) is 9.23 Å². The molecule has 0 radical (unpaired) electrons. The molecule has 0 fully saturated rings. The van der Waals surface area contributed by atoms with E-state index in [1.54, 1.807) is 0 Å². The first-order valence-corrected chi connectivity index (χ1v) is 10.2. The quantitative estimate of drug-likeness (QED) is 0.582. The Hall–Kier alpha value is -0.313. The SMILES string of the molecule is CC[Si](CC)(CC)OC(C)c1c(C)cc(Cl)cc1C. The van der Waals surface area contributed by atoms with Crippen LogP contribution in [0.15, 0.2) is 12.1 Å². The molecule has 1 unspecified atom stereocenters. The van der Waals surface area contributed by atoms with Crippen molar-refractivity contribution in [3.8, 4) is 0 Å². The van der Waals surface area contributed by atoms with E-state index in [-0.39, 0.29) is 6.10 Å². The van der Waals surface area contributed by atoms with Gasteiger partial charge in [0.15, 0.2) is 8.32 Å². The lowest BCUT2D eigenvalue weighted by atomic mass is 9.99. The maximum atomic E-state index is 6.57. The van der Waals surface area contributed by atoms with Crippen molar-refractivity contribution < 1.29 is 4.43 Å². The highest BCUT2D eigenvalue weighted by molar-refractivity contribution is 6.73. The molecule has 0 aliphatic heterocycles. The zero-order valence-corrected chi connectivity index (χ0v) is 14.9. The molecule has 1 atom stereocenters. The van der Waals surface area contributed by atoms with Crippen molar-refractivity contribution >= 4 is 19.9 Å². The Labute approximate surface area is 124 Å². The molecule has 0 N–H and O–H groups in total. The highest BCUT2D eigenvalue weighted by Crippen LogP contribution is 2.33. The van der Waals surface area contributed by atoms with Crippen LogP contribution in [0.1, 0.15) is 50.5 Å². The molecule has 3 heteroatoms. The second-order valence-corrected chi connectivity index (χ2v) is 10.6. The first kappa shape index (κ1) is 16.7. The third-order valence-corrected chi connectivity index (χ3v) is 9.26. The maximum absolute atomic E-state index is 6.57. The van der Waals surface area contributed by atoms with Gasteiger partial charge in [-0.3, -0.25) is 0 Å². The van der Waals surface area contributed by atoms with Crippen LogP contribution >= 0.6 is 11.6 Å². The fourth-order valence-corrected chi connectivity index (χ4v) is 6.19. The molecule has 1 aromatic carbocycles. The molecule has 19 heavy (non-hydrogen) atoms. The average Bonchev–Trinajstić information content (AvgIpc) is 2.35. The Morgan fingerprint density at radius 2 is 1.47 bits per heavy atom. The molecule has 1 aromatic rings. The smallest absolute Gasteiger partial charge is 0.192 e. The number of benzene rings is 1. The Morgan fingerprint density at radius 3 is 1.84 bits per heavy atom. The van der Waals surface area contributed by atoms with E-state index in [1.807, 2.05) is 12.1 Å². The van der Waals surface area contributed by atoms with Crippen molar-refractivity contribution in [3.05, 3.63) is 33.8 Å². The zero-order chi connectivity index (χ0) is 14.6. The summed E-state index contributed by atoms with van der Waals surface area (Å²) in [4.78, 5) is 0. The predicted molar refractivity (Wildman–Crippen MR) is 87.6 cm³/mol. The molecule has 1 rings (SSSR count). The lowest BCUT2D eigenvalue weighted by molar-refractivity contribution is 0.208. The number of hydrogen-bond acceptors (Lipinski definition) is 1. The lowest BCUT2D eigenvalue weighted by Crippen LogP contribution is -2.36. The van der Waals surface area contributed by atoms with Crippen LogP contribution in [-0.2, 0) is 4.43 Å². The van der Waals surface area contributed by atoms with Crippen LogP contribution in [0.3, 0.4) is 0 Å². The second-order valence-electron chi connectivity index (χ2n) is 5.46. The van der Waals surface area contributed by atoms with E-state index in [9.17, 15) is 0 Å². The summed E-state index contributed by atoms with van der Waals surface area (Å²) in [5.74, 6) is 0. The van der Waals surface area contributed by atoms with Gasteiger partial charge in [-0.2, -0.15) is 0 Å².